The lowest BCUT2D eigenvalue weighted by molar-refractivity contribution is 0.288. The Morgan fingerprint density at radius 3 is 2.47 bits per heavy atom. The fourth-order valence-corrected chi connectivity index (χ4v) is 1.97. The van der Waals surface area contributed by atoms with Crippen LogP contribution in [-0.2, 0) is 13.6 Å². The maximum Gasteiger partial charge on any atom is 0.0638 e. The van der Waals surface area contributed by atoms with E-state index >= 15 is 0 Å². The highest BCUT2D eigenvalue weighted by molar-refractivity contribution is 5.14. The van der Waals surface area contributed by atoms with Crippen molar-refractivity contribution in [3.63, 3.8) is 0 Å². The molecule has 0 aliphatic heterocycles. The third-order valence-electron chi connectivity index (χ3n) is 3.04. The quantitative estimate of drug-likeness (QED) is 0.813. The maximum atomic E-state index is 4.36. The normalized spacial score (nSPS) is 13.6. The molecule has 1 heterocycles. The summed E-state index contributed by atoms with van der Waals surface area (Å²) in [5, 5.41) is 7.99. The van der Waals surface area contributed by atoms with Crippen LogP contribution in [-0.4, -0.2) is 41.4 Å². The van der Waals surface area contributed by atoms with Crippen LogP contribution in [0.1, 0.15) is 25.1 Å². The lowest BCUT2D eigenvalue weighted by Crippen LogP contribution is -2.41. The molecule has 1 aromatic heterocycles. The Hall–Kier alpha value is -0.870. The highest BCUT2D eigenvalue weighted by atomic mass is 15.3. The first-order valence-electron chi connectivity index (χ1n) is 6.27. The molecule has 0 amide bonds. The largest absolute Gasteiger partial charge is 0.308 e. The molecule has 1 unspecified atom stereocenters. The zero-order chi connectivity index (χ0) is 13.0. The summed E-state index contributed by atoms with van der Waals surface area (Å²) in [5.74, 6) is 0.634. The molecule has 0 aliphatic carbocycles. The zero-order valence-electron chi connectivity index (χ0n) is 12.0. The molecule has 0 aliphatic rings. The molecule has 17 heavy (non-hydrogen) atoms. The SMILES string of the molecule is Cc1nn(C)cc1CNC(CN(C)C)C(C)C. The number of aromatic nitrogens is 2. The van der Waals surface area contributed by atoms with Crippen molar-refractivity contribution in [3.8, 4) is 0 Å². The topological polar surface area (TPSA) is 33.1 Å². The highest BCUT2D eigenvalue weighted by Gasteiger charge is 2.14. The van der Waals surface area contributed by atoms with Crippen molar-refractivity contribution in [2.24, 2.45) is 13.0 Å². The summed E-state index contributed by atoms with van der Waals surface area (Å²) >= 11 is 0. The minimum atomic E-state index is 0.518. The average Bonchev–Trinajstić information content (AvgIpc) is 2.51. The third-order valence-corrected chi connectivity index (χ3v) is 3.04. The molecule has 4 heteroatoms. The van der Waals surface area contributed by atoms with Gasteiger partial charge in [0.05, 0.1) is 5.69 Å². The van der Waals surface area contributed by atoms with Crippen LogP contribution in [0, 0.1) is 12.8 Å². The second kappa shape index (κ2) is 6.17. The molecule has 0 radical (unpaired) electrons. The van der Waals surface area contributed by atoms with E-state index < -0.39 is 0 Å². The van der Waals surface area contributed by atoms with Gasteiger partial charge in [-0.25, -0.2) is 0 Å². The lowest BCUT2D eigenvalue weighted by atomic mass is 10.0. The smallest absolute Gasteiger partial charge is 0.0638 e. The van der Waals surface area contributed by atoms with Crippen molar-refractivity contribution in [2.75, 3.05) is 20.6 Å². The van der Waals surface area contributed by atoms with Gasteiger partial charge < -0.3 is 10.2 Å². The maximum absolute atomic E-state index is 4.36. The highest BCUT2D eigenvalue weighted by Crippen LogP contribution is 2.07. The molecule has 0 spiro atoms. The van der Waals surface area contributed by atoms with E-state index in [0.717, 1.165) is 18.8 Å². The van der Waals surface area contributed by atoms with E-state index in [9.17, 15) is 0 Å². The van der Waals surface area contributed by atoms with Crippen molar-refractivity contribution in [3.05, 3.63) is 17.5 Å². The van der Waals surface area contributed by atoms with Gasteiger partial charge in [-0.3, -0.25) is 4.68 Å². The summed E-state index contributed by atoms with van der Waals surface area (Å²) in [6.07, 6.45) is 2.09. The van der Waals surface area contributed by atoms with E-state index in [2.05, 4.69) is 56.4 Å². The van der Waals surface area contributed by atoms with E-state index in [0.29, 0.717) is 12.0 Å². The molecular formula is C13H26N4. The number of rotatable bonds is 6. The molecule has 0 fully saturated rings. The molecule has 0 aromatic carbocycles. The van der Waals surface area contributed by atoms with Gasteiger partial charge in [-0.1, -0.05) is 13.8 Å². The number of likely N-dealkylation sites (N-methyl/N-ethyl adjacent to an activating group) is 1. The van der Waals surface area contributed by atoms with Crippen LogP contribution >= 0.6 is 0 Å². The van der Waals surface area contributed by atoms with Crippen LogP contribution in [0.5, 0.6) is 0 Å². The fourth-order valence-electron chi connectivity index (χ4n) is 1.97. The van der Waals surface area contributed by atoms with Crippen LogP contribution in [0.2, 0.25) is 0 Å². The van der Waals surface area contributed by atoms with E-state index in [1.807, 2.05) is 11.7 Å². The minimum Gasteiger partial charge on any atom is -0.308 e. The monoisotopic (exact) mass is 238 g/mol. The fraction of sp³-hybridized carbons (Fsp3) is 0.769. The molecule has 1 N–H and O–H groups in total. The molecule has 0 saturated heterocycles. The van der Waals surface area contributed by atoms with Crippen molar-refractivity contribution >= 4 is 0 Å². The van der Waals surface area contributed by atoms with Gasteiger partial charge in [0, 0.05) is 37.9 Å². The first kappa shape index (κ1) is 14.2. The Morgan fingerprint density at radius 1 is 1.41 bits per heavy atom. The van der Waals surface area contributed by atoms with E-state index in [1.54, 1.807) is 0 Å². The number of hydrogen-bond acceptors (Lipinski definition) is 3. The Kier molecular flexibility index (Phi) is 5.15. The molecule has 4 nitrogen and oxygen atoms in total. The molecule has 1 atom stereocenters. The molecular weight excluding hydrogens is 212 g/mol. The first-order chi connectivity index (χ1) is 7.90. The number of nitrogens with one attached hydrogen (secondary N) is 1. The van der Waals surface area contributed by atoms with Crippen molar-refractivity contribution < 1.29 is 0 Å². The number of hydrogen-bond donors (Lipinski definition) is 1. The second-order valence-corrected chi connectivity index (χ2v) is 5.41. The molecule has 98 valence electrons. The van der Waals surface area contributed by atoms with Crippen LogP contribution in [0.25, 0.3) is 0 Å². The average molecular weight is 238 g/mol. The predicted octanol–water partition coefficient (Wildman–Crippen LogP) is 1.40. The van der Waals surface area contributed by atoms with Gasteiger partial charge in [0.1, 0.15) is 0 Å². The van der Waals surface area contributed by atoms with Crippen molar-refractivity contribution in [1.82, 2.24) is 20.0 Å². The van der Waals surface area contributed by atoms with Crippen LogP contribution in [0.4, 0.5) is 0 Å². The molecule has 1 aromatic rings. The van der Waals surface area contributed by atoms with Gasteiger partial charge in [-0.15, -0.1) is 0 Å². The van der Waals surface area contributed by atoms with Gasteiger partial charge >= 0.3 is 0 Å². The van der Waals surface area contributed by atoms with Gasteiger partial charge in [-0.05, 0) is 26.9 Å². The molecule has 0 bridgehead atoms. The minimum absolute atomic E-state index is 0.518. The predicted molar refractivity (Wildman–Crippen MR) is 72.0 cm³/mol. The van der Waals surface area contributed by atoms with Gasteiger partial charge in [-0.2, -0.15) is 5.10 Å². The van der Waals surface area contributed by atoms with Crippen LogP contribution in [0.3, 0.4) is 0 Å². The summed E-state index contributed by atoms with van der Waals surface area (Å²) in [5.41, 5.74) is 2.41. The Labute approximate surface area is 105 Å². The van der Waals surface area contributed by atoms with Gasteiger partial charge in [0.2, 0.25) is 0 Å². The van der Waals surface area contributed by atoms with E-state index in [1.165, 1.54) is 5.56 Å². The Bertz CT molecular complexity index is 341. The van der Waals surface area contributed by atoms with Crippen LogP contribution in [0.15, 0.2) is 6.20 Å². The van der Waals surface area contributed by atoms with Crippen molar-refractivity contribution in [1.29, 1.82) is 0 Å². The Morgan fingerprint density at radius 2 is 2.06 bits per heavy atom. The number of aryl methyl sites for hydroxylation is 2. The third kappa shape index (κ3) is 4.48. The summed E-state index contributed by atoms with van der Waals surface area (Å²) in [7, 11) is 6.20. The zero-order valence-corrected chi connectivity index (χ0v) is 12.0. The first-order valence-corrected chi connectivity index (χ1v) is 6.27. The van der Waals surface area contributed by atoms with Crippen molar-refractivity contribution in [2.45, 2.75) is 33.4 Å². The summed E-state index contributed by atoms with van der Waals surface area (Å²) < 4.78 is 1.88. The molecule has 1 rings (SSSR count). The van der Waals surface area contributed by atoms with Crippen LogP contribution < -0.4 is 5.32 Å². The number of nitrogens with zero attached hydrogens (tertiary/aromatic N) is 3. The van der Waals surface area contributed by atoms with E-state index in [4.69, 9.17) is 0 Å². The standard InChI is InChI=1S/C13H26N4/c1-10(2)13(9-16(4)5)14-7-12-8-17(6)15-11(12)3/h8,10,13-14H,7,9H2,1-6H3. The van der Waals surface area contributed by atoms with E-state index in [-0.39, 0.29) is 0 Å². The van der Waals surface area contributed by atoms with Gasteiger partial charge in [0.15, 0.2) is 0 Å². The Balaban J connectivity index is 2.54. The van der Waals surface area contributed by atoms with Gasteiger partial charge in [0.25, 0.3) is 0 Å². The summed E-state index contributed by atoms with van der Waals surface area (Å²) in [6, 6.07) is 0.518. The summed E-state index contributed by atoms with van der Waals surface area (Å²) in [6.45, 7) is 8.55. The lowest BCUT2D eigenvalue weighted by Gasteiger charge is -2.25. The molecule has 0 saturated carbocycles. The second-order valence-electron chi connectivity index (χ2n) is 5.41. The summed E-state index contributed by atoms with van der Waals surface area (Å²) in [4.78, 5) is 2.23.